The number of nitro groups is 1. The fraction of sp³-hybridized carbons (Fsp3) is 0.200. The average Bonchev–Trinajstić information content (AvgIpc) is 3.45. The third-order valence-corrected chi connectivity index (χ3v) is 7.73. The van der Waals surface area contributed by atoms with Crippen LogP contribution in [0.1, 0.15) is 44.8 Å². The van der Waals surface area contributed by atoms with E-state index in [2.05, 4.69) is 0 Å². The zero-order valence-electron chi connectivity index (χ0n) is 21.3. The zero-order chi connectivity index (χ0) is 28.1. The molecule has 40 heavy (non-hydrogen) atoms. The van der Waals surface area contributed by atoms with Crippen LogP contribution in [0.2, 0.25) is 0 Å². The summed E-state index contributed by atoms with van der Waals surface area (Å²) in [5.74, 6) is -3.69. The van der Waals surface area contributed by atoms with Crippen LogP contribution in [0, 0.1) is 22.0 Å². The summed E-state index contributed by atoms with van der Waals surface area (Å²) in [6.45, 7) is 1.91. The number of benzene rings is 3. The summed E-state index contributed by atoms with van der Waals surface area (Å²) in [4.78, 5) is 67.4. The second-order valence-corrected chi connectivity index (χ2v) is 9.78. The third-order valence-electron chi connectivity index (χ3n) is 7.73. The Hall–Kier alpha value is -5.12. The van der Waals surface area contributed by atoms with E-state index in [1.54, 1.807) is 18.0 Å². The number of Topliss-reactive ketones (excluding diaryl/α,β-unsaturated/α-hetero) is 1. The number of hydrogen-bond acceptors (Lipinski definition) is 8. The van der Waals surface area contributed by atoms with E-state index in [1.807, 2.05) is 30.3 Å². The summed E-state index contributed by atoms with van der Waals surface area (Å²) in [5, 5.41) is 11.1. The van der Waals surface area contributed by atoms with Crippen molar-refractivity contribution in [1.29, 1.82) is 0 Å². The van der Waals surface area contributed by atoms with E-state index in [0.717, 1.165) is 16.0 Å². The molecular formula is C30H23N3O7. The topological polar surface area (TPSA) is 127 Å². The Kier molecular flexibility index (Phi) is 6.02. The summed E-state index contributed by atoms with van der Waals surface area (Å²) >= 11 is 0. The van der Waals surface area contributed by atoms with Gasteiger partial charge in [0.25, 0.3) is 5.69 Å². The Morgan fingerprint density at radius 1 is 0.900 bits per heavy atom. The standard InChI is InChI=1S/C30H23N3O7/c1-2-40-30(37)19-9-11-20(12-10-19)32-28(35)23-24(29(32)36)26(27(34)18-7-13-21(14-8-18)33(38)39)31-16-15-17-5-3-4-6-22(17)25(23)31/h3-16,23-26H,2H2,1H3/t23-,24+,25-,26-/m0/s1. The number of ether oxygens (including phenoxy) is 1. The normalized spacial score (nSPS) is 22.5. The van der Waals surface area contributed by atoms with E-state index >= 15 is 0 Å². The molecule has 3 aromatic carbocycles. The largest absolute Gasteiger partial charge is 0.462 e. The lowest BCUT2D eigenvalue weighted by Gasteiger charge is -2.35. The van der Waals surface area contributed by atoms with Crippen LogP contribution in [0.4, 0.5) is 11.4 Å². The number of rotatable bonds is 6. The van der Waals surface area contributed by atoms with Crippen molar-refractivity contribution in [2.24, 2.45) is 11.8 Å². The molecule has 0 radical (unpaired) electrons. The number of amides is 2. The molecule has 0 N–H and O–H groups in total. The molecular weight excluding hydrogens is 514 g/mol. The van der Waals surface area contributed by atoms with Crippen LogP contribution in [0.15, 0.2) is 79.0 Å². The van der Waals surface area contributed by atoms with E-state index < -0.39 is 52.4 Å². The van der Waals surface area contributed by atoms with Gasteiger partial charge in [0.2, 0.25) is 11.8 Å². The molecule has 2 saturated heterocycles. The quantitative estimate of drug-likeness (QED) is 0.151. The Morgan fingerprint density at radius 2 is 1.55 bits per heavy atom. The van der Waals surface area contributed by atoms with E-state index in [4.69, 9.17) is 4.74 Å². The fourth-order valence-electron chi connectivity index (χ4n) is 5.99. The van der Waals surface area contributed by atoms with Crippen molar-refractivity contribution < 1.29 is 28.8 Å². The monoisotopic (exact) mass is 537 g/mol. The van der Waals surface area contributed by atoms with Crippen LogP contribution in [0.5, 0.6) is 0 Å². The van der Waals surface area contributed by atoms with Crippen LogP contribution in [0.3, 0.4) is 0 Å². The minimum atomic E-state index is -0.999. The van der Waals surface area contributed by atoms with Gasteiger partial charge < -0.3 is 9.64 Å². The summed E-state index contributed by atoms with van der Waals surface area (Å²) in [7, 11) is 0. The van der Waals surface area contributed by atoms with Gasteiger partial charge >= 0.3 is 5.97 Å². The van der Waals surface area contributed by atoms with E-state index in [1.165, 1.54) is 48.5 Å². The second kappa shape index (κ2) is 9.57. The first-order chi connectivity index (χ1) is 19.3. The molecule has 200 valence electrons. The lowest BCUT2D eigenvalue weighted by atomic mass is 9.83. The Labute approximate surface area is 228 Å². The molecule has 3 aliphatic rings. The van der Waals surface area contributed by atoms with Crippen molar-refractivity contribution in [2.45, 2.75) is 19.0 Å². The minimum Gasteiger partial charge on any atom is -0.462 e. The number of esters is 1. The number of non-ortho nitro benzene ring substituents is 1. The molecule has 0 spiro atoms. The number of ketones is 1. The predicted octanol–water partition coefficient (Wildman–Crippen LogP) is 4.17. The zero-order valence-corrected chi connectivity index (χ0v) is 21.3. The Bertz CT molecular complexity index is 1600. The molecule has 10 heteroatoms. The number of anilines is 1. The van der Waals surface area contributed by atoms with E-state index in [0.29, 0.717) is 5.69 Å². The van der Waals surface area contributed by atoms with Crippen molar-refractivity contribution in [1.82, 2.24) is 4.90 Å². The van der Waals surface area contributed by atoms with Gasteiger partial charge in [0, 0.05) is 23.9 Å². The van der Waals surface area contributed by atoms with Crippen molar-refractivity contribution in [3.05, 3.63) is 111 Å². The minimum absolute atomic E-state index is 0.157. The maximum absolute atomic E-state index is 14.0. The van der Waals surface area contributed by atoms with Crippen LogP contribution in [-0.2, 0) is 14.3 Å². The summed E-state index contributed by atoms with van der Waals surface area (Å²) in [6.07, 6.45) is 3.60. The number of imide groups is 1. The third kappa shape index (κ3) is 3.79. The number of carbonyl (C=O) groups excluding carboxylic acids is 4. The van der Waals surface area contributed by atoms with Gasteiger partial charge in [0.05, 0.1) is 40.7 Å². The van der Waals surface area contributed by atoms with E-state index in [-0.39, 0.29) is 23.4 Å². The van der Waals surface area contributed by atoms with Gasteiger partial charge in [-0.1, -0.05) is 24.3 Å². The van der Waals surface area contributed by atoms with Crippen LogP contribution in [0.25, 0.3) is 6.08 Å². The molecule has 0 unspecified atom stereocenters. The second-order valence-electron chi connectivity index (χ2n) is 9.78. The molecule has 2 amide bonds. The van der Waals surface area contributed by atoms with Gasteiger partial charge in [-0.25, -0.2) is 9.69 Å². The van der Waals surface area contributed by atoms with Gasteiger partial charge in [-0.3, -0.25) is 24.5 Å². The van der Waals surface area contributed by atoms with Gasteiger partial charge in [-0.2, -0.15) is 0 Å². The number of nitro benzene ring substituents is 1. The number of hydrogen-bond donors (Lipinski definition) is 0. The molecule has 3 heterocycles. The average molecular weight is 538 g/mol. The number of fused-ring (bicyclic) bond motifs is 5. The van der Waals surface area contributed by atoms with Crippen molar-refractivity contribution in [2.75, 3.05) is 11.5 Å². The predicted molar refractivity (Wildman–Crippen MR) is 143 cm³/mol. The highest BCUT2D eigenvalue weighted by Gasteiger charge is 2.64. The highest BCUT2D eigenvalue weighted by Crippen LogP contribution is 2.53. The summed E-state index contributed by atoms with van der Waals surface area (Å²) in [5.41, 5.74) is 2.36. The maximum atomic E-state index is 14.0. The highest BCUT2D eigenvalue weighted by atomic mass is 16.6. The van der Waals surface area contributed by atoms with Crippen LogP contribution in [-0.4, -0.2) is 46.0 Å². The number of nitrogens with zero attached hydrogens (tertiary/aromatic N) is 3. The number of carbonyl (C=O) groups is 4. The first kappa shape index (κ1) is 25.2. The first-order valence-corrected chi connectivity index (χ1v) is 12.8. The SMILES string of the molecule is CCOC(=O)c1ccc(N2C(=O)[C@@H]3[C@H](C2=O)[C@@H]2c4ccccc4C=CN2[C@@H]3C(=O)c2ccc([N+](=O)[O-])cc2)cc1. The fourth-order valence-corrected chi connectivity index (χ4v) is 5.99. The van der Waals surface area contributed by atoms with Crippen molar-refractivity contribution >= 4 is 41.0 Å². The van der Waals surface area contributed by atoms with Gasteiger partial charge in [0.1, 0.15) is 6.04 Å². The van der Waals surface area contributed by atoms with Crippen LogP contribution >= 0.6 is 0 Å². The summed E-state index contributed by atoms with van der Waals surface area (Å²) < 4.78 is 5.02. The lowest BCUT2D eigenvalue weighted by molar-refractivity contribution is -0.384. The highest BCUT2D eigenvalue weighted by molar-refractivity contribution is 6.24. The molecule has 2 fully saturated rings. The molecule has 10 nitrogen and oxygen atoms in total. The lowest BCUT2D eigenvalue weighted by Crippen LogP contribution is -2.44. The van der Waals surface area contributed by atoms with Gasteiger partial charge in [-0.05, 0) is 60.5 Å². The molecule has 0 bridgehead atoms. The smallest absolute Gasteiger partial charge is 0.338 e. The van der Waals surface area contributed by atoms with Crippen LogP contribution < -0.4 is 4.90 Å². The van der Waals surface area contributed by atoms with Gasteiger partial charge in [0.15, 0.2) is 5.78 Å². The Balaban J connectivity index is 1.41. The van der Waals surface area contributed by atoms with Gasteiger partial charge in [-0.15, -0.1) is 0 Å². The molecule has 3 aromatic rings. The molecule has 0 aromatic heterocycles. The Morgan fingerprint density at radius 3 is 2.23 bits per heavy atom. The van der Waals surface area contributed by atoms with E-state index in [9.17, 15) is 29.3 Å². The summed E-state index contributed by atoms with van der Waals surface area (Å²) in [6, 6.07) is 17.2. The van der Waals surface area contributed by atoms with Crippen molar-refractivity contribution in [3.8, 4) is 0 Å². The maximum Gasteiger partial charge on any atom is 0.338 e. The molecule has 4 atom stereocenters. The molecule has 0 saturated carbocycles. The first-order valence-electron chi connectivity index (χ1n) is 12.8. The van der Waals surface area contributed by atoms with Crippen molar-refractivity contribution in [3.63, 3.8) is 0 Å². The molecule has 6 rings (SSSR count). The molecule has 3 aliphatic heterocycles. The molecule has 0 aliphatic carbocycles.